The molecule has 0 bridgehead atoms. The number of nitrogens with two attached hydrogens (primary N) is 1. The molecule has 2 N–H and O–H groups in total. The van der Waals surface area contributed by atoms with Crippen molar-refractivity contribution >= 4 is 12.4 Å². The van der Waals surface area contributed by atoms with Crippen molar-refractivity contribution in [3.8, 4) is 5.88 Å². The van der Waals surface area contributed by atoms with Gasteiger partial charge in [0.1, 0.15) is 0 Å². The molecule has 1 aliphatic rings. The lowest BCUT2D eigenvalue weighted by molar-refractivity contribution is 0.264. The summed E-state index contributed by atoms with van der Waals surface area (Å²) in [4.78, 5) is 4.16. The minimum Gasteiger partial charge on any atom is -0.481 e. The second-order valence-electron chi connectivity index (χ2n) is 3.85. The molecule has 1 heterocycles. The van der Waals surface area contributed by atoms with Gasteiger partial charge in [0.15, 0.2) is 0 Å². The van der Waals surface area contributed by atoms with Crippen LogP contribution in [0.3, 0.4) is 0 Å². The Morgan fingerprint density at radius 1 is 1.47 bits per heavy atom. The summed E-state index contributed by atoms with van der Waals surface area (Å²) in [5.41, 5.74) is 7.23. The van der Waals surface area contributed by atoms with Crippen LogP contribution >= 0.6 is 12.4 Å². The van der Waals surface area contributed by atoms with Crippen molar-refractivity contribution in [2.24, 2.45) is 11.7 Å². The number of pyridine rings is 1. The number of halogens is 1. The van der Waals surface area contributed by atoms with Gasteiger partial charge in [0.25, 0.3) is 0 Å². The van der Waals surface area contributed by atoms with Crippen molar-refractivity contribution in [1.29, 1.82) is 0 Å². The second kappa shape index (κ2) is 5.33. The Morgan fingerprint density at radius 2 is 2.20 bits per heavy atom. The van der Waals surface area contributed by atoms with Gasteiger partial charge in [-0.2, -0.15) is 0 Å². The van der Waals surface area contributed by atoms with Crippen molar-refractivity contribution in [3.63, 3.8) is 0 Å². The maximum atomic E-state index is 6.11. The maximum Gasteiger partial charge on any atom is 0.212 e. The van der Waals surface area contributed by atoms with Crippen LogP contribution in [0, 0.1) is 5.92 Å². The van der Waals surface area contributed by atoms with Gasteiger partial charge < -0.3 is 10.5 Å². The minimum absolute atomic E-state index is 0. The van der Waals surface area contributed by atoms with Crippen LogP contribution in [-0.2, 0) is 0 Å². The second-order valence-corrected chi connectivity index (χ2v) is 3.85. The Balaban J connectivity index is 0.00000112. The van der Waals surface area contributed by atoms with Crippen molar-refractivity contribution in [1.82, 2.24) is 4.98 Å². The van der Waals surface area contributed by atoms with Gasteiger partial charge in [-0.1, -0.05) is 12.5 Å². The highest BCUT2D eigenvalue weighted by molar-refractivity contribution is 5.85. The Kier molecular flexibility index (Phi) is 4.36. The van der Waals surface area contributed by atoms with Crippen molar-refractivity contribution < 1.29 is 4.74 Å². The van der Waals surface area contributed by atoms with E-state index in [1.165, 1.54) is 19.3 Å². The van der Waals surface area contributed by atoms with Crippen LogP contribution in [0.2, 0.25) is 0 Å². The molecule has 2 rings (SSSR count). The summed E-state index contributed by atoms with van der Waals surface area (Å²) in [6.07, 6.45) is 5.66. The van der Waals surface area contributed by atoms with E-state index in [0.717, 1.165) is 5.56 Å². The largest absolute Gasteiger partial charge is 0.481 e. The molecular formula is C11H17ClN2O. The fourth-order valence-corrected chi connectivity index (χ4v) is 1.78. The Morgan fingerprint density at radius 3 is 2.60 bits per heavy atom. The molecule has 1 atom stereocenters. The van der Waals surface area contributed by atoms with Gasteiger partial charge in [0, 0.05) is 18.3 Å². The predicted molar refractivity (Wildman–Crippen MR) is 62.3 cm³/mol. The molecule has 4 heteroatoms. The van der Waals surface area contributed by atoms with E-state index in [-0.39, 0.29) is 18.4 Å². The van der Waals surface area contributed by atoms with Gasteiger partial charge in [-0.05, 0) is 24.3 Å². The van der Waals surface area contributed by atoms with Gasteiger partial charge in [0.05, 0.1) is 7.11 Å². The first-order valence-electron chi connectivity index (χ1n) is 5.07. The lowest BCUT2D eigenvalue weighted by Crippen LogP contribution is -2.26. The zero-order valence-electron chi connectivity index (χ0n) is 8.85. The quantitative estimate of drug-likeness (QED) is 0.864. The van der Waals surface area contributed by atoms with Crippen LogP contribution in [0.1, 0.15) is 30.9 Å². The fraction of sp³-hybridized carbons (Fsp3) is 0.545. The number of ether oxygens (including phenoxy) is 1. The number of aromatic nitrogens is 1. The van der Waals surface area contributed by atoms with Gasteiger partial charge >= 0.3 is 0 Å². The number of hydrogen-bond acceptors (Lipinski definition) is 3. The van der Waals surface area contributed by atoms with Gasteiger partial charge in [-0.15, -0.1) is 12.4 Å². The summed E-state index contributed by atoms with van der Waals surface area (Å²) < 4.78 is 5.00. The SMILES string of the molecule is COc1ccc([C@@H](N)C2CCC2)cn1.Cl. The molecule has 0 unspecified atom stereocenters. The average molecular weight is 229 g/mol. The van der Waals surface area contributed by atoms with E-state index in [0.29, 0.717) is 11.8 Å². The van der Waals surface area contributed by atoms with Gasteiger partial charge in [-0.3, -0.25) is 0 Å². The zero-order valence-corrected chi connectivity index (χ0v) is 9.67. The van der Waals surface area contributed by atoms with Crippen LogP contribution in [-0.4, -0.2) is 12.1 Å². The van der Waals surface area contributed by atoms with E-state index >= 15 is 0 Å². The first-order valence-corrected chi connectivity index (χ1v) is 5.07. The first kappa shape index (κ1) is 12.3. The molecule has 15 heavy (non-hydrogen) atoms. The molecule has 84 valence electrons. The topological polar surface area (TPSA) is 48.1 Å². The summed E-state index contributed by atoms with van der Waals surface area (Å²) in [5.74, 6) is 1.31. The standard InChI is InChI=1S/C11H16N2O.ClH/c1-14-10-6-5-9(7-13-10)11(12)8-3-2-4-8;/h5-8,11H,2-4,12H2,1H3;1H/t11-;/m0./s1. The summed E-state index contributed by atoms with van der Waals surface area (Å²) in [6, 6.07) is 4.03. The Hall–Kier alpha value is -0.800. The van der Waals surface area contributed by atoms with Crippen LogP contribution in [0.25, 0.3) is 0 Å². The maximum absolute atomic E-state index is 6.11. The summed E-state index contributed by atoms with van der Waals surface area (Å²) in [7, 11) is 1.62. The van der Waals surface area contributed by atoms with E-state index in [9.17, 15) is 0 Å². The molecule has 1 aliphatic carbocycles. The fourth-order valence-electron chi connectivity index (χ4n) is 1.78. The van der Waals surface area contributed by atoms with Crippen LogP contribution in [0.5, 0.6) is 5.88 Å². The van der Waals surface area contributed by atoms with Crippen molar-refractivity contribution in [2.45, 2.75) is 25.3 Å². The number of hydrogen-bond donors (Lipinski definition) is 1. The Bertz CT molecular complexity index is 298. The third kappa shape index (κ3) is 2.61. The van der Waals surface area contributed by atoms with Crippen molar-refractivity contribution in [3.05, 3.63) is 23.9 Å². The average Bonchev–Trinajstić information content (AvgIpc) is 2.15. The van der Waals surface area contributed by atoms with Crippen LogP contribution in [0.15, 0.2) is 18.3 Å². The third-order valence-corrected chi connectivity index (χ3v) is 3.01. The minimum atomic E-state index is 0. The zero-order chi connectivity index (χ0) is 9.97. The molecule has 1 saturated carbocycles. The third-order valence-electron chi connectivity index (χ3n) is 3.01. The lowest BCUT2D eigenvalue weighted by Gasteiger charge is -2.31. The van der Waals surface area contributed by atoms with E-state index in [2.05, 4.69) is 4.98 Å². The van der Waals surface area contributed by atoms with E-state index < -0.39 is 0 Å². The highest BCUT2D eigenvalue weighted by atomic mass is 35.5. The molecule has 1 aromatic heterocycles. The summed E-state index contributed by atoms with van der Waals surface area (Å²) in [6.45, 7) is 0. The van der Waals surface area contributed by atoms with E-state index in [4.69, 9.17) is 10.5 Å². The van der Waals surface area contributed by atoms with Crippen molar-refractivity contribution in [2.75, 3.05) is 7.11 Å². The van der Waals surface area contributed by atoms with E-state index in [1.807, 2.05) is 18.3 Å². The molecule has 0 aliphatic heterocycles. The summed E-state index contributed by atoms with van der Waals surface area (Å²) in [5, 5.41) is 0. The summed E-state index contributed by atoms with van der Waals surface area (Å²) >= 11 is 0. The smallest absolute Gasteiger partial charge is 0.212 e. The van der Waals surface area contributed by atoms with Gasteiger partial charge in [-0.25, -0.2) is 4.98 Å². The molecule has 1 aromatic rings. The number of nitrogens with zero attached hydrogens (tertiary/aromatic N) is 1. The molecule has 0 amide bonds. The van der Waals surface area contributed by atoms with Crippen LogP contribution in [0.4, 0.5) is 0 Å². The monoisotopic (exact) mass is 228 g/mol. The molecule has 1 fully saturated rings. The molecule has 0 radical (unpaired) electrons. The van der Waals surface area contributed by atoms with Crippen LogP contribution < -0.4 is 10.5 Å². The Labute approximate surface area is 96.4 Å². The highest BCUT2D eigenvalue weighted by Crippen LogP contribution is 2.35. The van der Waals surface area contributed by atoms with Gasteiger partial charge in [0.2, 0.25) is 5.88 Å². The normalized spacial score (nSPS) is 17.5. The number of methoxy groups -OCH3 is 1. The highest BCUT2D eigenvalue weighted by Gasteiger charge is 2.25. The molecule has 3 nitrogen and oxygen atoms in total. The first-order chi connectivity index (χ1) is 6.81. The molecule has 0 saturated heterocycles. The predicted octanol–water partition coefficient (Wildman–Crippen LogP) is 2.31. The molecule has 0 aromatic carbocycles. The number of rotatable bonds is 3. The molecule has 0 spiro atoms. The van der Waals surface area contributed by atoms with E-state index in [1.54, 1.807) is 7.11 Å². The lowest BCUT2D eigenvalue weighted by atomic mass is 9.78. The molecular weight excluding hydrogens is 212 g/mol.